The minimum atomic E-state index is -0.0478. The van der Waals surface area contributed by atoms with Crippen molar-refractivity contribution in [2.45, 2.75) is 13.0 Å². The van der Waals surface area contributed by atoms with Crippen LogP contribution in [0.25, 0.3) is 0 Å². The van der Waals surface area contributed by atoms with Crippen molar-refractivity contribution in [3.63, 3.8) is 0 Å². The highest BCUT2D eigenvalue weighted by molar-refractivity contribution is 5.27. The lowest BCUT2D eigenvalue weighted by Crippen LogP contribution is -2.20. The van der Waals surface area contributed by atoms with Crippen LogP contribution in [0.2, 0.25) is 0 Å². The molecule has 13 heavy (non-hydrogen) atoms. The van der Waals surface area contributed by atoms with E-state index in [0.717, 1.165) is 0 Å². The van der Waals surface area contributed by atoms with Gasteiger partial charge in [0.2, 0.25) is 5.95 Å². The van der Waals surface area contributed by atoms with Gasteiger partial charge in [-0.05, 0) is 6.92 Å². The molecule has 0 aliphatic carbocycles. The van der Waals surface area contributed by atoms with Crippen LogP contribution in [-0.4, -0.2) is 34.8 Å². The summed E-state index contributed by atoms with van der Waals surface area (Å²) in [4.78, 5) is 7.96. The first-order valence-corrected chi connectivity index (χ1v) is 3.99. The SMILES string of the molecule is COc1cnc(NC(C)CO)nc1. The number of ether oxygens (including phenoxy) is 1. The Morgan fingerprint density at radius 1 is 1.54 bits per heavy atom. The van der Waals surface area contributed by atoms with Crippen LogP contribution >= 0.6 is 0 Å². The predicted octanol–water partition coefficient (Wildman–Crippen LogP) is 0.278. The summed E-state index contributed by atoms with van der Waals surface area (Å²) < 4.78 is 4.90. The van der Waals surface area contributed by atoms with Crippen LogP contribution in [-0.2, 0) is 0 Å². The van der Waals surface area contributed by atoms with E-state index in [1.54, 1.807) is 19.5 Å². The summed E-state index contributed by atoms with van der Waals surface area (Å²) in [5.41, 5.74) is 0. The van der Waals surface area contributed by atoms with Crippen LogP contribution in [0.1, 0.15) is 6.92 Å². The second-order valence-electron chi connectivity index (χ2n) is 2.67. The van der Waals surface area contributed by atoms with Gasteiger partial charge in [0.25, 0.3) is 0 Å². The van der Waals surface area contributed by atoms with Crippen LogP contribution in [0.4, 0.5) is 5.95 Å². The lowest BCUT2D eigenvalue weighted by molar-refractivity contribution is 0.281. The van der Waals surface area contributed by atoms with Crippen molar-refractivity contribution in [3.8, 4) is 5.75 Å². The molecule has 5 heteroatoms. The molecule has 0 aromatic carbocycles. The van der Waals surface area contributed by atoms with E-state index >= 15 is 0 Å². The van der Waals surface area contributed by atoms with E-state index in [2.05, 4.69) is 15.3 Å². The van der Waals surface area contributed by atoms with Crippen molar-refractivity contribution >= 4 is 5.95 Å². The standard InChI is InChI=1S/C8H13N3O2/c1-6(5-12)11-8-9-3-7(13-2)4-10-8/h3-4,6,12H,5H2,1-2H3,(H,9,10,11). The molecule has 0 saturated heterocycles. The van der Waals surface area contributed by atoms with E-state index in [4.69, 9.17) is 9.84 Å². The molecule has 0 fully saturated rings. The van der Waals surface area contributed by atoms with Gasteiger partial charge in [-0.1, -0.05) is 0 Å². The zero-order valence-corrected chi connectivity index (χ0v) is 7.69. The normalized spacial score (nSPS) is 12.2. The lowest BCUT2D eigenvalue weighted by atomic mass is 10.4. The number of anilines is 1. The van der Waals surface area contributed by atoms with E-state index in [-0.39, 0.29) is 12.6 Å². The Balaban J connectivity index is 2.58. The summed E-state index contributed by atoms with van der Waals surface area (Å²) in [7, 11) is 1.56. The van der Waals surface area contributed by atoms with Gasteiger partial charge in [0, 0.05) is 6.04 Å². The number of methoxy groups -OCH3 is 1. The Bertz CT molecular complexity index is 250. The van der Waals surface area contributed by atoms with Gasteiger partial charge in [-0.15, -0.1) is 0 Å². The highest BCUT2D eigenvalue weighted by atomic mass is 16.5. The van der Waals surface area contributed by atoms with Gasteiger partial charge in [-0.3, -0.25) is 0 Å². The van der Waals surface area contributed by atoms with Gasteiger partial charge in [0.1, 0.15) is 0 Å². The maximum atomic E-state index is 8.75. The number of nitrogens with zero attached hydrogens (tertiary/aromatic N) is 2. The Labute approximate surface area is 76.8 Å². The molecule has 0 radical (unpaired) electrons. The van der Waals surface area contributed by atoms with Gasteiger partial charge in [-0.2, -0.15) is 0 Å². The molecular weight excluding hydrogens is 170 g/mol. The Hall–Kier alpha value is -1.36. The van der Waals surface area contributed by atoms with Crippen LogP contribution < -0.4 is 10.1 Å². The minimum Gasteiger partial charge on any atom is -0.494 e. The first-order chi connectivity index (χ1) is 6.26. The third-order valence-corrected chi connectivity index (χ3v) is 1.51. The summed E-state index contributed by atoms with van der Waals surface area (Å²) in [6.07, 6.45) is 3.14. The summed E-state index contributed by atoms with van der Waals surface area (Å²) >= 11 is 0. The number of nitrogens with one attached hydrogen (secondary N) is 1. The average Bonchev–Trinajstić information content (AvgIpc) is 2.19. The fourth-order valence-electron chi connectivity index (χ4n) is 0.762. The zero-order valence-electron chi connectivity index (χ0n) is 7.69. The van der Waals surface area contributed by atoms with Crippen LogP contribution in [0, 0.1) is 0 Å². The quantitative estimate of drug-likeness (QED) is 0.701. The fraction of sp³-hybridized carbons (Fsp3) is 0.500. The smallest absolute Gasteiger partial charge is 0.223 e. The first kappa shape index (κ1) is 9.73. The molecule has 1 heterocycles. The number of aliphatic hydroxyl groups is 1. The molecule has 0 amide bonds. The molecule has 2 N–H and O–H groups in total. The monoisotopic (exact) mass is 183 g/mol. The number of hydrogen-bond donors (Lipinski definition) is 2. The Morgan fingerprint density at radius 2 is 2.15 bits per heavy atom. The van der Waals surface area contributed by atoms with Gasteiger partial charge in [0.15, 0.2) is 5.75 Å². The first-order valence-electron chi connectivity index (χ1n) is 3.99. The summed E-state index contributed by atoms with van der Waals surface area (Å²) in [6, 6.07) is -0.0478. The van der Waals surface area contributed by atoms with Crippen molar-refractivity contribution in [2.24, 2.45) is 0 Å². The lowest BCUT2D eigenvalue weighted by Gasteiger charge is -2.09. The van der Waals surface area contributed by atoms with Gasteiger partial charge < -0.3 is 15.2 Å². The molecule has 1 rings (SSSR count). The highest BCUT2D eigenvalue weighted by Crippen LogP contribution is 2.07. The van der Waals surface area contributed by atoms with Gasteiger partial charge >= 0.3 is 0 Å². The molecule has 1 atom stereocenters. The second-order valence-corrected chi connectivity index (χ2v) is 2.67. The van der Waals surface area contributed by atoms with Gasteiger partial charge in [0.05, 0.1) is 26.1 Å². The summed E-state index contributed by atoms with van der Waals surface area (Å²) in [5.74, 6) is 1.10. The number of hydrogen-bond acceptors (Lipinski definition) is 5. The molecule has 0 aliphatic rings. The van der Waals surface area contributed by atoms with Crippen LogP contribution in [0.15, 0.2) is 12.4 Å². The number of aliphatic hydroxyl groups excluding tert-OH is 1. The second kappa shape index (κ2) is 4.61. The average molecular weight is 183 g/mol. The predicted molar refractivity (Wildman–Crippen MR) is 48.8 cm³/mol. The molecule has 1 aromatic heterocycles. The van der Waals surface area contributed by atoms with Gasteiger partial charge in [-0.25, -0.2) is 9.97 Å². The number of rotatable bonds is 4. The summed E-state index contributed by atoms with van der Waals surface area (Å²) in [6.45, 7) is 1.89. The molecule has 0 spiro atoms. The topological polar surface area (TPSA) is 67.3 Å². The van der Waals surface area contributed by atoms with Crippen molar-refractivity contribution in [1.29, 1.82) is 0 Å². The highest BCUT2D eigenvalue weighted by Gasteiger charge is 2.01. The van der Waals surface area contributed by atoms with E-state index in [1.165, 1.54) is 0 Å². The van der Waals surface area contributed by atoms with Crippen molar-refractivity contribution in [1.82, 2.24) is 9.97 Å². The number of aromatic nitrogens is 2. The van der Waals surface area contributed by atoms with Crippen molar-refractivity contribution in [3.05, 3.63) is 12.4 Å². The zero-order chi connectivity index (χ0) is 9.68. The maximum absolute atomic E-state index is 8.75. The van der Waals surface area contributed by atoms with E-state index in [1.807, 2.05) is 6.92 Å². The van der Waals surface area contributed by atoms with Crippen LogP contribution in [0.3, 0.4) is 0 Å². The van der Waals surface area contributed by atoms with Crippen molar-refractivity contribution in [2.75, 3.05) is 19.0 Å². The minimum absolute atomic E-state index is 0.0478. The van der Waals surface area contributed by atoms with E-state index in [0.29, 0.717) is 11.7 Å². The summed E-state index contributed by atoms with van der Waals surface area (Å²) in [5, 5.41) is 11.7. The Kier molecular flexibility index (Phi) is 3.45. The molecule has 0 saturated carbocycles. The molecule has 0 bridgehead atoms. The molecule has 0 aliphatic heterocycles. The molecule has 1 aromatic rings. The molecular formula is C8H13N3O2. The van der Waals surface area contributed by atoms with E-state index < -0.39 is 0 Å². The molecule has 72 valence electrons. The maximum Gasteiger partial charge on any atom is 0.223 e. The molecule has 1 unspecified atom stereocenters. The van der Waals surface area contributed by atoms with E-state index in [9.17, 15) is 0 Å². The van der Waals surface area contributed by atoms with Crippen LogP contribution in [0.5, 0.6) is 5.75 Å². The fourth-order valence-corrected chi connectivity index (χ4v) is 0.762. The van der Waals surface area contributed by atoms with Crippen molar-refractivity contribution < 1.29 is 9.84 Å². The third-order valence-electron chi connectivity index (χ3n) is 1.51. The Morgan fingerprint density at radius 3 is 2.62 bits per heavy atom. The third kappa shape index (κ3) is 2.87. The largest absolute Gasteiger partial charge is 0.494 e. The molecule has 5 nitrogen and oxygen atoms in total.